The average molecular weight is 380 g/mol. The van der Waals surface area contributed by atoms with E-state index in [0.717, 1.165) is 16.4 Å². The molecule has 0 bridgehead atoms. The lowest BCUT2D eigenvalue weighted by Gasteiger charge is -2.42. The fraction of sp³-hybridized carbons (Fsp3) is 0.278. The number of hydrogen-bond acceptors (Lipinski definition) is 4. The van der Waals surface area contributed by atoms with Gasteiger partial charge in [0.05, 0.1) is 10.9 Å². The molecule has 2 aromatic rings. The number of carboxylic acid groups (broad SMARTS) is 1. The standard InChI is InChI=1S/C18H17F2NO4S/c19-15-7-6-14(12-16(15)20)26(24,25)21-10-8-18(9-11-21,17(22)23)13-4-2-1-3-5-13/h1-7,12H,8-11H2,(H,22,23)/p-1. The number of halogens is 2. The molecular weight excluding hydrogens is 364 g/mol. The Bertz CT molecular complexity index is 923. The van der Waals surface area contributed by atoms with E-state index in [9.17, 15) is 27.1 Å². The molecule has 0 amide bonds. The van der Waals surface area contributed by atoms with Gasteiger partial charge in [0.1, 0.15) is 0 Å². The molecule has 0 radical (unpaired) electrons. The second kappa shape index (κ2) is 6.77. The third kappa shape index (κ3) is 3.10. The van der Waals surface area contributed by atoms with Crippen molar-refractivity contribution in [3.8, 4) is 0 Å². The Morgan fingerprint density at radius 2 is 1.62 bits per heavy atom. The van der Waals surface area contributed by atoms with Gasteiger partial charge in [0.2, 0.25) is 10.0 Å². The number of carbonyl (C=O) groups is 1. The third-order valence-corrected chi connectivity index (χ3v) is 6.72. The zero-order valence-corrected chi connectivity index (χ0v) is 14.5. The lowest BCUT2D eigenvalue weighted by atomic mass is 9.73. The summed E-state index contributed by atoms with van der Waals surface area (Å²) in [7, 11) is -4.05. The van der Waals surface area contributed by atoms with Crippen molar-refractivity contribution in [2.45, 2.75) is 23.2 Å². The van der Waals surface area contributed by atoms with Crippen LogP contribution in [-0.2, 0) is 20.2 Å². The van der Waals surface area contributed by atoms with Crippen LogP contribution in [0.4, 0.5) is 8.78 Å². The molecule has 2 aromatic carbocycles. The first-order chi connectivity index (χ1) is 12.3. The number of hydrogen-bond donors (Lipinski definition) is 0. The molecular formula is C18H16F2NO4S-. The fourth-order valence-electron chi connectivity index (χ4n) is 3.26. The van der Waals surface area contributed by atoms with Crippen molar-refractivity contribution < 1.29 is 27.1 Å². The molecule has 0 aromatic heterocycles. The van der Waals surface area contributed by atoms with Gasteiger partial charge in [0, 0.05) is 18.5 Å². The Morgan fingerprint density at radius 1 is 1.00 bits per heavy atom. The second-order valence-corrected chi connectivity index (χ2v) is 8.15. The van der Waals surface area contributed by atoms with Crippen molar-refractivity contribution in [1.29, 1.82) is 0 Å². The van der Waals surface area contributed by atoms with Crippen LogP contribution in [0.15, 0.2) is 53.4 Å². The van der Waals surface area contributed by atoms with E-state index in [0.29, 0.717) is 11.6 Å². The summed E-state index contributed by atoms with van der Waals surface area (Å²) in [4.78, 5) is 11.5. The van der Waals surface area contributed by atoms with E-state index in [1.54, 1.807) is 30.3 Å². The van der Waals surface area contributed by atoms with E-state index >= 15 is 0 Å². The first kappa shape index (κ1) is 18.5. The number of carbonyl (C=O) groups excluding carboxylic acids is 1. The third-order valence-electron chi connectivity index (χ3n) is 4.82. The lowest BCUT2D eigenvalue weighted by molar-refractivity contribution is -0.315. The smallest absolute Gasteiger partial charge is 0.243 e. The maximum atomic E-state index is 13.4. The minimum Gasteiger partial charge on any atom is -0.549 e. The molecule has 26 heavy (non-hydrogen) atoms. The summed E-state index contributed by atoms with van der Waals surface area (Å²) >= 11 is 0. The number of carboxylic acids is 1. The summed E-state index contributed by atoms with van der Waals surface area (Å²) in [6.07, 6.45) is 0.0600. The van der Waals surface area contributed by atoms with Crippen LogP contribution >= 0.6 is 0 Å². The number of piperidine rings is 1. The first-order valence-corrected chi connectivity index (χ1v) is 9.43. The minimum absolute atomic E-state index is 0.0300. The van der Waals surface area contributed by atoms with Gasteiger partial charge in [-0.25, -0.2) is 17.2 Å². The molecule has 1 saturated heterocycles. The van der Waals surface area contributed by atoms with Crippen molar-refractivity contribution in [2.75, 3.05) is 13.1 Å². The predicted octanol–water partition coefficient (Wildman–Crippen LogP) is 1.44. The Kier molecular flexibility index (Phi) is 4.81. The van der Waals surface area contributed by atoms with Gasteiger partial charge in [-0.15, -0.1) is 0 Å². The van der Waals surface area contributed by atoms with E-state index in [1.807, 2.05) is 0 Å². The van der Waals surface area contributed by atoms with E-state index in [2.05, 4.69) is 0 Å². The molecule has 0 spiro atoms. The molecule has 1 aliphatic heterocycles. The molecule has 1 aliphatic rings. The number of rotatable bonds is 4. The molecule has 3 rings (SSSR count). The zero-order chi connectivity index (χ0) is 18.9. The number of sulfonamides is 1. The molecule has 0 atom stereocenters. The van der Waals surface area contributed by atoms with E-state index in [4.69, 9.17) is 0 Å². The van der Waals surface area contributed by atoms with Gasteiger partial charge < -0.3 is 9.90 Å². The molecule has 138 valence electrons. The van der Waals surface area contributed by atoms with Crippen LogP contribution in [0.25, 0.3) is 0 Å². The molecule has 0 N–H and O–H groups in total. The van der Waals surface area contributed by atoms with Crippen LogP contribution < -0.4 is 5.11 Å². The predicted molar refractivity (Wildman–Crippen MR) is 87.5 cm³/mol. The van der Waals surface area contributed by atoms with Crippen LogP contribution in [0.1, 0.15) is 18.4 Å². The Balaban J connectivity index is 1.87. The van der Waals surface area contributed by atoms with Gasteiger partial charge in [0.25, 0.3) is 0 Å². The summed E-state index contributed by atoms with van der Waals surface area (Å²) in [6.45, 7) is -0.131. The van der Waals surface area contributed by atoms with Crippen molar-refractivity contribution in [1.82, 2.24) is 4.31 Å². The molecule has 0 saturated carbocycles. The van der Waals surface area contributed by atoms with Gasteiger partial charge in [-0.05, 0) is 36.6 Å². The van der Waals surface area contributed by atoms with Gasteiger partial charge in [0.15, 0.2) is 11.6 Å². The van der Waals surface area contributed by atoms with Crippen LogP contribution in [0.5, 0.6) is 0 Å². The first-order valence-electron chi connectivity index (χ1n) is 7.99. The van der Waals surface area contributed by atoms with E-state index in [1.165, 1.54) is 0 Å². The highest BCUT2D eigenvalue weighted by Gasteiger charge is 2.41. The highest BCUT2D eigenvalue weighted by Crippen LogP contribution is 2.36. The number of benzene rings is 2. The van der Waals surface area contributed by atoms with Gasteiger partial charge in [-0.1, -0.05) is 30.3 Å². The summed E-state index contributed by atoms with van der Waals surface area (Å²) < 4.78 is 52.8. The average Bonchev–Trinajstić information content (AvgIpc) is 2.64. The summed E-state index contributed by atoms with van der Waals surface area (Å²) in [5, 5.41) is 11.8. The zero-order valence-electron chi connectivity index (χ0n) is 13.7. The lowest BCUT2D eigenvalue weighted by Crippen LogP contribution is -2.53. The Hall–Kier alpha value is -2.32. The molecule has 1 heterocycles. The summed E-state index contributed by atoms with van der Waals surface area (Å²) in [5.41, 5.74) is -0.716. The van der Waals surface area contributed by atoms with Gasteiger partial charge in [-0.3, -0.25) is 0 Å². The highest BCUT2D eigenvalue weighted by molar-refractivity contribution is 7.89. The van der Waals surface area contributed by atoms with Crippen molar-refractivity contribution >= 4 is 16.0 Å². The molecule has 0 unspecified atom stereocenters. The van der Waals surface area contributed by atoms with E-state index in [-0.39, 0.29) is 30.8 Å². The van der Waals surface area contributed by atoms with Crippen molar-refractivity contribution in [2.24, 2.45) is 0 Å². The minimum atomic E-state index is -4.05. The largest absolute Gasteiger partial charge is 0.549 e. The SMILES string of the molecule is O=C([O-])C1(c2ccccc2)CCN(S(=O)(=O)c2ccc(F)c(F)c2)CC1. The van der Waals surface area contributed by atoms with Crippen molar-refractivity contribution in [3.63, 3.8) is 0 Å². The van der Waals surface area contributed by atoms with Crippen LogP contribution in [0.2, 0.25) is 0 Å². The van der Waals surface area contributed by atoms with E-state index < -0.39 is 33.0 Å². The molecule has 8 heteroatoms. The fourth-order valence-corrected chi connectivity index (χ4v) is 4.72. The highest BCUT2D eigenvalue weighted by atomic mass is 32.2. The van der Waals surface area contributed by atoms with Crippen LogP contribution in [-0.4, -0.2) is 31.8 Å². The normalized spacial score (nSPS) is 17.8. The topological polar surface area (TPSA) is 77.5 Å². The van der Waals surface area contributed by atoms with Crippen LogP contribution in [0, 0.1) is 11.6 Å². The second-order valence-electron chi connectivity index (χ2n) is 6.22. The molecule has 0 aliphatic carbocycles. The summed E-state index contributed by atoms with van der Waals surface area (Å²) in [5.74, 6) is -3.65. The monoisotopic (exact) mass is 380 g/mol. The maximum Gasteiger partial charge on any atom is 0.243 e. The number of nitrogens with zero attached hydrogens (tertiary/aromatic N) is 1. The van der Waals surface area contributed by atoms with Gasteiger partial charge in [-0.2, -0.15) is 4.31 Å². The quantitative estimate of drug-likeness (QED) is 0.804. The molecule has 1 fully saturated rings. The van der Waals surface area contributed by atoms with Gasteiger partial charge >= 0.3 is 0 Å². The summed E-state index contributed by atoms with van der Waals surface area (Å²) in [6, 6.07) is 10.9. The Labute approximate surface area is 149 Å². The maximum absolute atomic E-state index is 13.4. The molecule has 5 nitrogen and oxygen atoms in total. The van der Waals surface area contributed by atoms with Crippen molar-refractivity contribution in [3.05, 3.63) is 65.7 Å². The van der Waals surface area contributed by atoms with Crippen LogP contribution in [0.3, 0.4) is 0 Å². The number of aliphatic carboxylic acids is 1. The Morgan fingerprint density at radius 3 is 2.15 bits per heavy atom.